The first kappa shape index (κ1) is 17.2. The van der Waals surface area contributed by atoms with E-state index in [-0.39, 0.29) is 24.4 Å². The van der Waals surface area contributed by atoms with Crippen molar-refractivity contribution in [3.8, 4) is 0 Å². The van der Waals surface area contributed by atoms with E-state index in [0.29, 0.717) is 18.4 Å². The van der Waals surface area contributed by atoms with Gasteiger partial charge in [0.25, 0.3) is 0 Å². The molecule has 0 bridgehead atoms. The number of hydrogen-bond acceptors (Lipinski definition) is 5. The van der Waals surface area contributed by atoms with E-state index in [2.05, 4.69) is 13.5 Å². The Bertz CT molecular complexity index is 637. The lowest BCUT2D eigenvalue weighted by atomic mass is 9.65. The van der Waals surface area contributed by atoms with E-state index in [0.717, 1.165) is 19.3 Å². The fourth-order valence-electron chi connectivity index (χ4n) is 5.02. The molecular weight excluding hydrogens is 306 g/mol. The zero-order chi connectivity index (χ0) is 17.7. The highest BCUT2D eigenvalue weighted by Gasteiger charge is 2.66. The van der Waals surface area contributed by atoms with Crippen molar-refractivity contribution in [2.75, 3.05) is 6.54 Å². The zero-order valence-electron chi connectivity index (χ0n) is 14.8. The number of carbonyl (C=O) groups excluding carboxylic acids is 2. The molecule has 0 spiro atoms. The molecule has 0 amide bonds. The first-order valence-electron chi connectivity index (χ1n) is 8.81. The van der Waals surface area contributed by atoms with Gasteiger partial charge in [-0.05, 0) is 39.5 Å². The molecule has 1 aliphatic heterocycles. The van der Waals surface area contributed by atoms with Crippen LogP contribution in [0.25, 0.3) is 0 Å². The Hall–Kier alpha value is -1.62. The number of hydrogen-bond donors (Lipinski definition) is 1. The number of fused-ring (bicyclic) bond motifs is 3. The molecule has 2 aliphatic carbocycles. The number of allylic oxidation sites excluding steroid dienone is 1. The minimum absolute atomic E-state index is 0.0637. The molecule has 24 heavy (non-hydrogen) atoms. The molecule has 2 N–H and O–H groups in total. The predicted molar refractivity (Wildman–Crippen MR) is 90.0 cm³/mol. The second-order valence-corrected chi connectivity index (χ2v) is 7.49. The SMILES string of the molecule is C=C1C(=O)O[C@H]2[C@H]1CCC(C)=C1CC[C@@](C)(OC(=O)CC)[C@@]12CN. The highest BCUT2D eigenvalue weighted by molar-refractivity contribution is 5.91. The second kappa shape index (κ2) is 5.73. The molecule has 1 saturated heterocycles. The van der Waals surface area contributed by atoms with E-state index in [4.69, 9.17) is 15.2 Å². The van der Waals surface area contributed by atoms with Crippen LogP contribution in [0.15, 0.2) is 23.3 Å². The summed E-state index contributed by atoms with van der Waals surface area (Å²) in [6, 6.07) is 0. The molecule has 3 rings (SSSR count). The van der Waals surface area contributed by atoms with Crippen molar-refractivity contribution < 1.29 is 19.1 Å². The van der Waals surface area contributed by atoms with Gasteiger partial charge < -0.3 is 15.2 Å². The van der Waals surface area contributed by atoms with E-state index in [1.54, 1.807) is 6.92 Å². The largest absolute Gasteiger partial charge is 0.458 e. The number of ether oxygens (including phenoxy) is 2. The Morgan fingerprint density at radius 2 is 2.17 bits per heavy atom. The van der Waals surface area contributed by atoms with E-state index >= 15 is 0 Å². The fourth-order valence-corrected chi connectivity index (χ4v) is 5.02. The summed E-state index contributed by atoms with van der Waals surface area (Å²) in [6.07, 6.45) is 3.16. The standard InChI is InChI=1S/C19H27NO4/c1-5-15(21)24-18(4)9-8-14-11(2)6-7-13-12(3)17(22)23-16(13)19(14,18)10-20/h13,16H,3,5-10,20H2,1-2,4H3/t13-,16-,18+,19-/m0/s1. The van der Waals surface area contributed by atoms with Crippen LogP contribution in [-0.4, -0.2) is 30.2 Å². The minimum atomic E-state index is -0.760. The summed E-state index contributed by atoms with van der Waals surface area (Å²) in [5, 5.41) is 0. The molecule has 0 radical (unpaired) electrons. The van der Waals surface area contributed by atoms with Crippen LogP contribution in [0.1, 0.15) is 52.9 Å². The topological polar surface area (TPSA) is 78.6 Å². The van der Waals surface area contributed by atoms with Gasteiger partial charge in [-0.2, -0.15) is 0 Å². The maximum Gasteiger partial charge on any atom is 0.334 e. The van der Waals surface area contributed by atoms with E-state index < -0.39 is 17.1 Å². The van der Waals surface area contributed by atoms with Crippen molar-refractivity contribution in [2.24, 2.45) is 17.1 Å². The monoisotopic (exact) mass is 333 g/mol. The minimum Gasteiger partial charge on any atom is -0.458 e. The summed E-state index contributed by atoms with van der Waals surface area (Å²) >= 11 is 0. The summed E-state index contributed by atoms with van der Waals surface area (Å²) in [6.45, 7) is 10.1. The molecule has 0 aromatic heterocycles. The van der Waals surface area contributed by atoms with Crippen LogP contribution >= 0.6 is 0 Å². The first-order chi connectivity index (χ1) is 11.3. The average molecular weight is 333 g/mol. The highest BCUT2D eigenvalue weighted by Crippen LogP contribution is 2.61. The normalized spacial score (nSPS) is 38.5. The molecule has 0 aromatic rings. The van der Waals surface area contributed by atoms with Crippen molar-refractivity contribution in [3.05, 3.63) is 23.3 Å². The summed E-state index contributed by atoms with van der Waals surface area (Å²) in [7, 11) is 0. The van der Waals surface area contributed by atoms with Gasteiger partial charge in [-0.15, -0.1) is 0 Å². The van der Waals surface area contributed by atoms with Gasteiger partial charge >= 0.3 is 11.9 Å². The Labute approximate surface area is 143 Å². The van der Waals surface area contributed by atoms with Gasteiger partial charge in [0.2, 0.25) is 0 Å². The predicted octanol–water partition coefficient (Wildman–Crippen LogP) is 2.65. The third-order valence-corrected chi connectivity index (χ3v) is 6.42. The van der Waals surface area contributed by atoms with Crippen molar-refractivity contribution in [1.29, 1.82) is 0 Å². The Morgan fingerprint density at radius 3 is 2.79 bits per heavy atom. The summed E-state index contributed by atoms with van der Waals surface area (Å²) < 4.78 is 11.7. The molecule has 0 unspecified atom stereocenters. The van der Waals surface area contributed by atoms with Crippen LogP contribution in [0.3, 0.4) is 0 Å². The maximum absolute atomic E-state index is 12.2. The van der Waals surface area contributed by atoms with Crippen molar-refractivity contribution in [2.45, 2.75) is 64.6 Å². The van der Waals surface area contributed by atoms with Gasteiger partial charge in [0.15, 0.2) is 0 Å². The number of carbonyl (C=O) groups is 2. The molecular formula is C19H27NO4. The molecule has 132 valence electrons. The summed E-state index contributed by atoms with van der Waals surface area (Å²) in [5.74, 6) is -0.646. The zero-order valence-corrected chi connectivity index (χ0v) is 14.8. The third-order valence-electron chi connectivity index (χ3n) is 6.42. The van der Waals surface area contributed by atoms with Crippen molar-refractivity contribution >= 4 is 11.9 Å². The van der Waals surface area contributed by atoms with Crippen LogP contribution < -0.4 is 5.73 Å². The molecule has 0 aromatic carbocycles. The lowest BCUT2D eigenvalue weighted by Gasteiger charge is -2.47. The maximum atomic E-state index is 12.2. The van der Waals surface area contributed by atoms with Crippen LogP contribution in [-0.2, 0) is 19.1 Å². The molecule has 5 heteroatoms. The van der Waals surface area contributed by atoms with Gasteiger partial charge in [0, 0.05) is 24.5 Å². The molecule has 2 fully saturated rings. The highest BCUT2D eigenvalue weighted by atomic mass is 16.6. The summed E-state index contributed by atoms with van der Waals surface area (Å²) in [5.41, 5.74) is 7.92. The fraction of sp³-hybridized carbons (Fsp3) is 0.684. The van der Waals surface area contributed by atoms with Gasteiger partial charge in [-0.1, -0.05) is 24.6 Å². The Balaban J connectivity index is 2.16. The van der Waals surface area contributed by atoms with E-state index in [1.807, 2.05) is 6.92 Å². The molecule has 5 nitrogen and oxygen atoms in total. The lowest BCUT2D eigenvalue weighted by Crippen LogP contribution is -2.58. The van der Waals surface area contributed by atoms with Gasteiger partial charge in [-0.25, -0.2) is 4.79 Å². The first-order valence-corrected chi connectivity index (χ1v) is 8.81. The van der Waals surface area contributed by atoms with E-state index in [1.165, 1.54) is 11.1 Å². The van der Waals surface area contributed by atoms with Crippen LogP contribution in [0.5, 0.6) is 0 Å². The van der Waals surface area contributed by atoms with Gasteiger partial charge in [-0.3, -0.25) is 4.79 Å². The van der Waals surface area contributed by atoms with Gasteiger partial charge in [0.05, 0.1) is 5.41 Å². The van der Waals surface area contributed by atoms with Crippen LogP contribution in [0.2, 0.25) is 0 Å². The Kier molecular flexibility index (Phi) is 4.11. The molecule has 1 saturated carbocycles. The smallest absolute Gasteiger partial charge is 0.334 e. The average Bonchev–Trinajstić information content (AvgIpc) is 2.95. The molecule has 1 heterocycles. The second-order valence-electron chi connectivity index (χ2n) is 7.49. The summed E-state index contributed by atoms with van der Waals surface area (Å²) in [4.78, 5) is 24.3. The number of nitrogens with two attached hydrogens (primary N) is 1. The van der Waals surface area contributed by atoms with Crippen molar-refractivity contribution in [3.63, 3.8) is 0 Å². The number of rotatable bonds is 3. The van der Waals surface area contributed by atoms with Crippen LogP contribution in [0.4, 0.5) is 0 Å². The lowest BCUT2D eigenvalue weighted by molar-refractivity contribution is -0.180. The number of esters is 2. The Morgan fingerprint density at radius 1 is 1.46 bits per heavy atom. The third kappa shape index (κ3) is 2.10. The van der Waals surface area contributed by atoms with E-state index in [9.17, 15) is 9.59 Å². The molecule has 4 atom stereocenters. The van der Waals surface area contributed by atoms with Crippen LogP contribution in [0, 0.1) is 11.3 Å². The molecule has 3 aliphatic rings. The van der Waals surface area contributed by atoms with Gasteiger partial charge in [0.1, 0.15) is 11.7 Å². The van der Waals surface area contributed by atoms with Crippen molar-refractivity contribution in [1.82, 2.24) is 0 Å². The quantitative estimate of drug-likeness (QED) is 0.488.